The van der Waals surface area contributed by atoms with E-state index in [1.54, 1.807) is 0 Å². The molecule has 1 fully saturated rings. The van der Waals surface area contributed by atoms with E-state index in [1.807, 2.05) is 18.2 Å². The van der Waals surface area contributed by atoms with Crippen LogP contribution >= 0.6 is 11.6 Å². The van der Waals surface area contributed by atoms with E-state index in [0.717, 1.165) is 35.8 Å². The minimum atomic E-state index is 0.551. The van der Waals surface area contributed by atoms with Gasteiger partial charge in [-0.1, -0.05) is 35.9 Å². The maximum absolute atomic E-state index is 6.22. The Morgan fingerprint density at radius 1 is 1.15 bits per heavy atom. The fourth-order valence-electron chi connectivity index (χ4n) is 2.77. The van der Waals surface area contributed by atoms with Crippen LogP contribution in [-0.4, -0.2) is 18.1 Å². The Morgan fingerprint density at radius 2 is 2.05 bits per heavy atom. The average Bonchev–Trinajstić information content (AvgIpc) is 2.51. The molecular formula is C17H19ClN2. The summed E-state index contributed by atoms with van der Waals surface area (Å²) < 4.78 is 0. The third-order valence-corrected chi connectivity index (χ3v) is 4.24. The number of nitrogens with zero attached hydrogens (tertiary/aromatic N) is 1. The first-order valence-electron chi connectivity index (χ1n) is 7.23. The molecular weight excluding hydrogens is 268 g/mol. The minimum absolute atomic E-state index is 0.551. The Kier molecular flexibility index (Phi) is 4.34. The molecule has 3 heteroatoms. The Bertz CT molecular complexity index is 577. The molecule has 0 unspecified atom stereocenters. The number of pyridine rings is 1. The Labute approximate surface area is 125 Å². The van der Waals surface area contributed by atoms with Gasteiger partial charge in [-0.05, 0) is 43.1 Å². The third kappa shape index (κ3) is 3.20. The molecule has 0 saturated carbocycles. The summed E-state index contributed by atoms with van der Waals surface area (Å²) in [5, 5.41) is 4.27. The molecule has 3 rings (SSSR count). The van der Waals surface area contributed by atoms with Crippen LogP contribution in [0.4, 0.5) is 0 Å². The predicted molar refractivity (Wildman–Crippen MR) is 83.3 cm³/mol. The quantitative estimate of drug-likeness (QED) is 0.928. The Hall–Kier alpha value is -1.38. The van der Waals surface area contributed by atoms with E-state index in [2.05, 4.69) is 29.6 Å². The van der Waals surface area contributed by atoms with Gasteiger partial charge in [-0.15, -0.1) is 0 Å². The highest BCUT2D eigenvalue weighted by atomic mass is 35.5. The van der Waals surface area contributed by atoms with Crippen LogP contribution in [0.15, 0.2) is 42.5 Å². The van der Waals surface area contributed by atoms with Gasteiger partial charge < -0.3 is 5.32 Å². The van der Waals surface area contributed by atoms with Gasteiger partial charge in [0.05, 0.1) is 0 Å². The summed E-state index contributed by atoms with van der Waals surface area (Å²) in [6, 6.07) is 14.3. The number of nitrogens with one attached hydrogen (secondary N) is 1. The molecule has 2 heterocycles. The maximum Gasteiger partial charge on any atom is 0.0451 e. The number of rotatable bonds is 3. The zero-order valence-electron chi connectivity index (χ0n) is 11.5. The van der Waals surface area contributed by atoms with Crippen LogP contribution in [0.25, 0.3) is 0 Å². The molecule has 0 bridgehead atoms. The molecule has 20 heavy (non-hydrogen) atoms. The second-order valence-corrected chi connectivity index (χ2v) is 5.77. The van der Waals surface area contributed by atoms with Gasteiger partial charge in [-0.25, -0.2) is 0 Å². The van der Waals surface area contributed by atoms with Crippen molar-refractivity contribution in [1.29, 1.82) is 0 Å². The van der Waals surface area contributed by atoms with Gasteiger partial charge in [0.1, 0.15) is 0 Å². The fraction of sp³-hybridized carbons (Fsp3) is 0.353. The van der Waals surface area contributed by atoms with Crippen LogP contribution in [0.1, 0.15) is 35.7 Å². The van der Waals surface area contributed by atoms with Crippen molar-refractivity contribution < 1.29 is 0 Å². The van der Waals surface area contributed by atoms with E-state index in [-0.39, 0.29) is 0 Å². The lowest BCUT2D eigenvalue weighted by Crippen LogP contribution is -2.28. The van der Waals surface area contributed by atoms with Crippen LogP contribution in [0.2, 0.25) is 5.02 Å². The molecule has 0 radical (unpaired) electrons. The van der Waals surface area contributed by atoms with E-state index in [1.165, 1.54) is 18.5 Å². The van der Waals surface area contributed by atoms with Crippen molar-refractivity contribution in [2.24, 2.45) is 0 Å². The number of hydrogen-bond acceptors (Lipinski definition) is 2. The lowest BCUT2D eigenvalue weighted by molar-refractivity contribution is 0.454. The van der Waals surface area contributed by atoms with E-state index in [4.69, 9.17) is 16.6 Å². The molecule has 0 spiro atoms. The van der Waals surface area contributed by atoms with Gasteiger partial charge in [-0.2, -0.15) is 0 Å². The average molecular weight is 287 g/mol. The highest BCUT2D eigenvalue weighted by molar-refractivity contribution is 6.31. The summed E-state index contributed by atoms with van der Waals surface area (Å²) >= 11 is 6.22. The molecule has 1 atom stereocenters. The predicted octanol–water partition coefficient (Wildman–Crippen LogP) is 3.79. The topological polar surface area (TPSA) is 24.9 Å². The molecule has 104 valence electrons. The number of hydrogen-bond donors (Lipinski definition) is 1. The molecule has 1 aromatic heterocycles. The van der Waals surface area contributed by atoms with E-state index in [9.17, 15) is 0 Å². The monoisotopic (exact) mass is 286 g/mol. The minimum Gasteiger partial charge on any atom is -0.316 e. The van der Waals surface area contributed by atoms with Crippen LogP contribution < -0.4 is 5.32 Å². The van der Waals surface area contributed by atoms with E-state index < -0.39 is 0 Å². The number of piperidine rings is 1. The first-order chi connectivity index (χ1) is 9.83. The van der Waals surface area contributed by atoms with Crippen molar-refractivity contribution >= 4 is 11.6 Å². The SMILES string of the molecule is Clc1ccccc1Cc1cccc([C@H]2CCCNC2)n1. The number of benzene rings is 1. The zero-order chi connectivity index (χ0) is 13.8. The number of halogens is 1. The van der Waals surface area contributed by atoms with Gasteiger partial charge >= 0.3 is 0 Å². The molecule has 1 aromatic carbocycles. The highest BCUT2D eigenvalue weighted by Crippen LogP contribution is 2.23. The van der Waals surface area contributed by atoms with Crippen molar-refractivity contribution in [3.05, 3.63) is 64.4 Å². The molecule has 0 amide bonds. The van der Waals surface area contributed by atoms with Gasteiger partial charge in [0.15, 0.2) is 0 Å². The van der Waals surface area contributed by atoms with Crippen LogP contribution in [-0.2, 0) is 6.42 Å². The van der Waals surface area contributed by atoms with Gasteiger partial charge in [-0.3, -0.25) is 4.98 Å². The zero-order valence-corrected chi connectivity index (χ0v) is 12.2. The van der Waals surface area contributed by atoms with Gasteiger partial charge in [0, 0.05) is 35.3 Å². The summed E-state index contributed by atoms with van der Waals surface area (Å²) in [7, 11) is 0. The second-order valence-electron chi connectivity index (χ2n) is 5.37. The number of aromatic nitrogens is 1. The lowest BCUT2D eigenvalue weighted by atomic mass is 9.95. The summed E-state index contributed by atoms with van der Waals surface area (Å²) in [5.74, 6) is 0.551. The van der Waals surface area contributed by atoms with Crippen molar-refractivity contribution in [2.45, 2.75) is 25.2 Å². The maximum atomic E-state index is 6.22. The summed E-state index contributed by atoms with van der Waals surface area (Å²) in [4.78, 5) is 4.83. The third-order valence-electron chi connectivity index (χ3n) is 3.87. The van der Waals surface area contributed by atoms with E-state index >= 15 is 0 Å². The van der Waals surface area contributed by atoms with Crippen LogP contribution in [0.3, 0.4) is 0 Å². The molecule has 2 nitrogen and oxygen atoms in total. The molecule has 1 N–H and O–H groups in total. The Balaban J connectivity index is 1.79. The molecule has 1 aliphatic heterocycles. The standard InChI is InChI=1S/C17H19ClN2/c18-16-8-2-1-5-13(16)11-15-7-3-9-17(20-15)14-6-4-10-19-12-14/h1-3,5,7-9,14,19H,4,6,10-12H2/t14-/m0/s1. The van der Waals surface area contributed by atoms with E-state index in [0.29, 0.717) is 5.92 Å². The van der Waals surface area contributed by atoms with Crippen LogP contribution in [0, 0.1) is 0 Å². The van der Waals surface area contributed by atoms with Crippen LogP contribution in [0.5, 0.6) is 0 Å². The highest BCUT2D eigenvalue weighted by Gasteiger charge is 2.16. The summed E-state index contributed by atoms with van der Waals surface area (Å²) in [6.45, 7) is 2.18. The molecule has 1 aliphatic rings. The lowest BCUT2D eigenvalue weighted by Gasteiger charge is -2.22. The smallest absolute Gasteiger partial charge is 0.0451 e. The first-order valence-corrected chi connectivity index (χ1v) is 7.60. The molecule has 1 saturated heterocycles. The largest absolute Gasteiger partial charge is 0.316 e. The van der Waals surface area contributed by atoms with Crippen molar-refractivity contribution in [3.63, 3.8) is 0 Å². The fourth-order valence-corrected chi connectivity index (χ4v) is 2.97. The first kappa shape index (κ1) is 13.6. The normalized spacial score (nSPS) is 18.9. The van der Waals surface area contributed by atoms with Crippen molar-refractivity contribution in [2.75, 3.05) is 13.1 Å². The Morgan fingerprint density at radius 3 is 2.85 bits per heavy atom. The van der Waals surface area contributed by atoms with Gasteiger partial charge in [0.25, 0.3) is 0 Å². The van der Waals surface area contributed by atoms with Crippen molar-refractivity contribution in [1.82, 2.24) is 10.3 Å². The summed E-state index contributed by atoms with van der Waals surface area (Å²) in [5.41, 5.74) is 3.45. The molecule has 0 aliphatic carbocycles. The van der Waals surface area contributed by atoms with Crippen molar-refractivity contribution in [3.8, 4) is 0 Å². The van der Waals surface area contributed by atoms with Gasteiger partial charge in [0.2, 0.25) is 0 Å². The molecule has 2 aromatic rings. The summed E-state index contributed by atoms with van der Waals surface area (Å²) in [6.07, 6.45) is 3.27. The second kappa shape index (κ2) is 6.38.